The first-order valence-corrected chi connectivity index (χ1v) is 4.48. The molecule has 2 aromatic rings. The molecule has 1 aliphatic rings. The summed E-state index contributed by atoms with van der Waals surface area (Å²) in [5.74, 6) is 0. The molecule has 1 aliphatic heterocycles. The average Bonchev–Trinajstić information content (AvgIpc) is 2.54. The molecule has 1 aromatic carbocycles. The Morgan fingerprint density at radius 3 is 3.14 bits per heavy atom. The van der Waals surface area contributed by atoms with Crippen LogP contribution in [0, 0.1) is 0 Å². The summed E-state index contributed by atoms with van der Waals surface area (Å²) >= 11 is 5.91. The van der Waals surface area contributed by atoms with Gasteiger partial charge in [-0.2, -0.15) is 10.2 Å². The molecular weight excluding hydrogens is 200 g/mol. The molecule has 3 rings (SSSR count). The van der Waals surface area contributed by atoms with Crippen LogP contribution in [0.25, 0.3) is 10.9 Å². The molecule has 14 heavy (non-hydrogen) atoms. The summed E-state index contributed by atoms with van der Waals surface area (Å²) in [7, 11) is 0. The third-order valence-electron chi connectivity index (χ3n) is 2.16. The molecule has 0 amide bonds. The maximum atomic E-state index is 5.91. The van der Waals surface area contributed by atoms with Crippen molar-refractivity contribution in [2.75, 3.05) is 0 Å². The van der Waals surface area contributed by atoms with E-state index in [1.54, 1.807) is 6.21 Å². The average molecular weight is 205 g/mol. The van der Waals surface area contributed by atoms with Gasteiger partial charge in [-0.05, 0) is 6.07 Å². The van der Waals surface area contributed by atoms with E-state index in [2.05, 4.69) is 20.4 Å². The van der Waals surface area contributed by atoms with Crippen LogP contribution in [0.5, 0.6) is 0 Å². The Morgan fingerprint density at radius 1 is 1.29 bits per heavy atom. The maximum Gasteiger partial charge on any atom is 0.179 e. The van der Waals surface area contributed by atoms with Crippen LogP contribution < -0.4 is 0 Å². The quantitative estimate of drug-likeness (QED) is 0.700. The number of hydrogen-bond donors (Lipinski definition) is 1. The molecule has 1 N–H and O–H groups in total. The maximum absolute atomic E-state index is 5.91. The van der Waals surface area contributed by atoms with Crippen LogP contribution in [0.4, 0.5) is 0 Å². The van der Waals surface area contributed by atoms with Gasteiger partial charge in [-0.25, -0.2) is 0 Å². The van der Waals surface area contributed by atoms with E-state index in [4.69, 9.17) is 11.6 Å². The van der Waals surface area contributed by atoms with Crippen LogP contribution in [-0.4, -0.2) is 21.6 Å². The Kier molecular flexibility index (Phi) is 1.46. The van der Waals surface area contributed by atoms with Crippen molar-refractivity contribution in [2.45, 2.75) is 0 Å². The smallest absolute Gasteiger partial charge is 0.179 e. The summed E-state index contributed by atoms with van der Waals surface area (Å²) in [4.78, 5) is 0. The topological polar surface area (TPSA) is 53.4 Å². The van der Waals surface area contributed by atoms with E-state index in [9.17, 15) is 0 Å². The highest BCUT2D eigenvalue weighted by Gasteiger charge is 2.14. The van der Waals surface area contributed by atoms with Gasteiger partial charge in [0, 0.05) is 10.9 Å². The minimum atomic E-state index is 0.317. The Labute approximate surface area is 84.3 Å². The second-order valence-electron chi connectivity index (χ2n) is 2.98. The van der Waals surface area contributed by atoms with Gasteiger partial charge in [0.25, 0.3) is 0 Å². The van der Waals surface area contributed by atoms with Crippen molar-refractivity contribution < 1.29 is 0 Å². The molecule has 0 aliphatic carbocycles. The van der Waals surface area contributed by atoms with E-state index in [0.29, 0.717) is 10.9 Å². The van der Waals surface area contributed by atoms with E-state index in [1.165, 1.54) is 0 Å². The molecule has 1 aromatic heterocycles. The lowest BCUT2D eigenvalue weighted by atomic mass is 10.1. The zero-order valence-electron chi connectivity index (χ0n) is 7.03. The lowest BCUT2D eigenvalue weighted by molar-refractivity contribution is 1.10. The molecule has 0 unspecified atom stereocenters. The van der Waals surface area contributed by atoms with Crippen LogP contribution in [0.2, 0.25) is 0 Å². The summed E-state index contributed by atoms with van der Waals surface area (Å²) < 4.78 is 0. The highest BCUT2D eigenvalue weighted by molar-refractivity contribution is 6.70. The number of nitrogens with one attached hydrogen (secondary N) is 1. The number of hydrogen-bond acceptors (Lipinski definition) is 3. The van der Waals surface area contributed by atoms with Crippen molar-refractivity contribution in [2.24, 2.45) is 10.2 Å². The fraction of sp³-hybridized carbons (Fsp3) is 0. The van der Waals surface area contributed by atoms with Gasteiger partial charge in [-0.1, -0.05) is 23.7 Å². The Morgan fingerprint density at radius 2 is 2.21 bits per heavy atom. The fourth-order valence-corrected chi connectivity index (χ4v) is 1.73. The number of nitrogens with zero attached hydrogens (tertiary/aromatic N) is 3. The molecule has 0 atom stereocenters. The molecule has 5 heteroatoms. The first kappa shape index (κ1) is 7.70. The van der Waals surface area contributed by atoms with E-state index in [-0.39, 0.29) is 0 Å². The predicted molar refractivity (Wildman–Crippen MR) is 56.1 cm³/mol. The third-order valence-corrected chi connectivity index (χ3v) is 2.41. The van der Waals surface area contributed by atoms with Crippen LogP contribution in [-0.2, 0) is 0 Å². The molecule has 68 valence electrons. The third kappa shape index (κ3) is 0.914. The zero-order valence-corrected chi connectivity index (χ0v) is 7.78. The summed E-state index contributed by atoms with van der Waals surface area (Å²) in [5, 5.41) is 15.9. The second-order valence-corrected chi connectivity index (χ2v) is 3.34. The van der Waals surface area contributed by atoms with Crippen LogP contribution in [0.1, 0.15) is 11.3 Å². The highest BCUT2D eigenvalue weighted by atomic mass is 35.5. The van der Waals surface area contributed by atoms with Crippen LogP contribution in [0.15, 0.2) is 28.4 Å². The van der Waals surface area contributed by atoms with Crippen molar-refractivity contribution in [3.05, 3.63) is 29.5 Å². The van der Waals surface area contributed by atoms with Crippen molar-refractivity contribution in [3.8, 4) is 0 Å². The zero-order chi connectivity index (χ0) is 9.54. The lowest BCUT2D eigenvalue weighted by Gasteiger charge is -1.94. The fourth-order valence-electron chi connectivity index (χ4n) is 1.55. The SMILES string of the molecule is ClC1=NN=Cc2cccc3[nH]nc1c23. The van der Waals surface area contributed by atoms with E-state index >= 15 is 0 Å². The largest absolute Gasteiger partial charge is 0.277 e. The summed E-state index contributed by atoms with van der Waals surface area (Å²) in [6.07, 6.45) is 1.68. The number of aromatic amines is 1. The highest BCUT2D eigenvalue weighted by Crippen LogP contribution is 2.22. The molecule has 4 nitrogen and oxygen atoms in total. The number of H-pyrrole nitrogens is 1. The minimum absolute atomic E-state index is 0.317. The van der Waals surface area contributed by atoms with Crippen LogP contribution >= 0.6 is 11.6 Å². The Balaban J connectivity index is 2.53. The van der Waals surface area contributed by atoms with Gasteiger partial charge in [0.1, 0.15) is 5.69 Å². The number of halogens is 1. The molecule has 0 saturated carbocycles. The summed E-state index contributed by atoms with van der Waals surface area (Å²) in [5.41, 5.74) is 2.58. The number of benzene rings is 1. The van der Waals surface area contributed by atoms with E-state index in [0.717, 1.165) is 16.5 Å². The molecule has 0 bridgehead atoms. The van der Waals surface area contributed by atoms with E-state index < -0.39 is 0 Å². The van der Waals surface area contributed by atoms with Crippen molar-refractivity contribution in [1.82, 2.24) is 10.2 Å². The standard InChI is InChI=1S/C9H5ClN4/c10-9-8-7-5(4-11-14-9)2-1-3-6(7)12-13-8/h1-4H,(H,12,13). The normalized spacial score (nSPS) is 14.2. The molecule has 0 saturated heterocycles. The molecule has 0 fully saturated rings. The molecule has 2 heterocycles. The van der Waals surface area contributed by atoms with Crippen molar-refractivity contribution >= 4 is 33.9 Å². The summed E-state index contributed by atoms with van der Waals surface area (Å²) in [6, 6.07) is 5.83. The molecule has 0 spiro atoms. The Bertz CT molecular complexity index is 567. The van der Waals surface area contributed by atoms with Gasteiger partial charge in [-0.15, -0.1) is 5.10 Å². The number of rotatable bonds is 0. The van der Waals surface area contributed by atoms with E-state index in [1.807, 2.05) is 18.2 Å². The molecule has 0 radical (unpaired) electrons. The lowest BCUT2D eigenvalue weighted by Crippen LogP contribution is -1.91. The van der Waals surface area contributed by atoms with Gasteiger partial charge in [0.05, 0.1) is 11.7 Å². The predicted octanol–water partition coefficient (Wildman–Crippen LogP) is 1.90. The second kappa shape index (κ2) is 2.65. The monoisotopic (exact) mass is 204 g/mol. The van der Waals surface area contributed by atoms with Gasteiger partial charge in [0.2, 0.25) is 0 Å². The van der Waals surface area contributed by atoms with Gasteiger partial charge in [0.15, 0.2) is 5.17 Å². The minimum Gasteiger partial charge on any atom is -0.277 e. The summed E-state index contributed by atoms with van der Waals surface area (Å²) in [6.45, 7) is 0. The first-order valence-electron chi connectivity index (χ1n) is 4.10. The van der Waals surface area contributed by atoms with Crippen molar-refractivity contribution in [3.63, 3.8) is 0 Å². The van der Waals surface area contributed by atoms with Gasteiger partial charge in [-0.3, -0.25) is 5.10 Å². The van der Waals surface area contributed by atoms with Crippen LogP contribution in [0.3, 0.4) is 0 Å². The van der Waals surface area contributed by atoms with Crippen molar-refractivity contribution in [1.29, 1.82) is 0 Å². The van der Waals surface area contributed by atoms with Gasteiger partial charge >= 0.3 is 0 Å². The first-order chi connectivity index (χ1) is 6.86. The molecular formula is C9H5ClN4. The Hall–Kier alpha value is -1.68. The van der Waals surface area contributed by atoms with Gasteiger partial charge < -0.3 is 0 Å². The number of aromatic nitrogens is 2.